The fourth-order valence-corrected chi connectivity index (χ4v) is 3.20. The van der Waals surface area contributed by atoms with E-state index in [-0.39, 0.29) is 23.6 Å². The van der Waals surface area contributed by atoms with Crippen molar-refractivity contribution in [3.8, 4) is 0 Å². The third-order valence-corrected chi connectivity index (χ3v) is 4.88. The first-order chi connectivity index (χ1) is 11.9. The van der Waals surface area contributed by atoms with Crippen LogP contribution < -0.4 is 5.32 Å². The average molecular weight is 362 g/mol. The first-order valence-corrected chi connectivity index (χ1v) is 8.34. The van der Waals surface area contributed by atoms with Gasteiger partial charge in [-0.15, -0.1) is 0 Å². The summed E-state index contributed by atoms with van der Waals surface area (Å²) in [5, 5.41) is 12.1. The van der Waals surface area contributed by atoms with E-state index in [1.165, 1.54) is 12.1 Å². The summed E-state index contributed by atoms with van der Waals surface area (Å²) in [6.07, 6.45) is 0.556. The van der Waals surface area contributed by atoms with E-state index in [9.17, 15) is 14.0 Å². The van der Waals surface area contributed by atoms with Crippen LogP contribution in [0.4, 0.5) is 10.1 Å². The number of carbonyl (C=O) groups is 2. The number of benzene rings is 2. The van der Waals surface area contributed by atoms with Gasteiger partial charge in [0, 0.05) is 28.1 Å². The van der Waals surface area contributed by atoms with Crippen LogP contribution in [0.1, 0.15) is 36.3 Å². The van der Waals surface area contributed by atoms with Crippen LogP contribution in [0.25, 0.3) is 0 Å². The van der Waals surface area contributed by atoms with Gasteiger partial charge in [-0.1, -0.05) is 29.8 Å². The molecular formula is C19H17ClFNO3. The number of hydrogen-bond acceptors (Lipinski definition) is 2. The molecule has 0 aromatic heterocycles. The van der Waals surface area contributed by atoms with E-state index < -0.39 is 11.9 Å². The Balaban J connectivity index is 1.65. The molecule has 1 amide bonds. The minimum absolute atomic E-state index is 0.191. The second-order valence-corrected chi connectivity index (χ2v) is 6.66. The molecule has 3 rings (SSSR count). The molecule has 1 fully saturated rings. The van der Waals surface area contributed by atoms with Crippen LogP contribution in [-0.4, -0.2) is 17.0 Å². The van der Waals surface area contributed by atoms with Crippen molar-refractivity contribution >= 4 is 29.2 Å². The second kappa shape index (κ2) is 6.84. The van der Waals surface area contributed by atoms with Gasteiger partial charge in [0.1, 0.15) is 5.82 Å². The lowest BCUT2D eigenvalue weighted by molar-refractivity contribution is -0.138. The van der Waals surface area contributed by atoms with Gasteiger partial charge >= 0.3 is 5.97 Å². The maximum absolute atomic E-state index is 13.9. The Hall–Kier alpha value is -2.40. The highest BCUT2D eigenvalue weighted by Gasteiger charge is 2.46. The Morgan fingerprint density at radius 2 is 1.92 bits per heavy atom. The third-order valence-electron chi connectivity index (χ3n) is 4.55. The predicted molar refractivity (Wildman–Crippen MR) is 93.4 cm³/mol. The third kappa shape index (κ3) is 3.66. The van der Waals surface area contributed by atoms with Crippen molar-refractivity contribution in [2.45, 2.75) is 25.2 Å². The Morgan fingerprint density at radius 1 is 1.24 bits per heavy atom. The SMILES string of the molecule is CC(C(=O)O)c1ccc(NC(=O)C2CC2c2c(F)cccc2Cl)cc1. The minimum Gasteiger partial charge on any atom is -0.481 e. The molecule has 6 heteroatoms. The first kappa shape index (κ1) is 17.4. The Bertz CT molecular complexity index is 802. The van der Waals surface area contributed by atoms with E-state index >= 15 is 0 Å². The van der Waals surface area contributed by atoms with Gasteiger partial charge in [0.2, 0.25) is 5.91 Å². The van der Waals surface area contributed by atoms with E-state index in [4.69, 9.17) is 16.7 Å². The number of hydrogen-bond donors (Lipinski definition) is 2. The number of halogens is 2. The summed E-state index contributed by atoms with van der Waals surface area (Å²) >= 11 is 6.05. The van der Waals surface area contributed by atoms with Gasteiger partial charge in [0.05, 0.1) is 5.92 Å². The molecule has 0 heterocycles. The molecule has 0 bridgehead atoms. The van der Waals surface area contributed by atoms with E-state index in [0.29, 0.717) is 28.3 Å². The maximum Gasteiger partial charge on any atom is 0.310 e. The molecule has 1 aliphatic rings. The van der Waals surface area contributed by atoms with Crippen LogP contribution in [0.3, 0.4) is 0 Å². The van der Waals surface area contributed by atoms with Gasteiger partial charge in [-0.2, -0.15) is 0 Å². The number of rotatable bonds is 5. The fraction of sp³-hybridized carbons (Fsp3) is 0.263. The molecule has 2 aromatic rings. The Labute approximate surface area is 149 Å². The van der Waals surface area contributed by atoms with Gasteiger partial charge in [-0.05, 0) is 43.2 Å². The Morgan fingerprint density at radius 3 is 2.52 bits per heavy atom. The van der Waals surface area contributed by atoms with Gasteiger partial charge in [0.25, 0.3) is 0 Å². The highest BCUT2D eigenvalue weighted by Crippen LogP contribution is 2.50. The summed E-state index contributed by atoms with van der Waals surface area (Å²) in [6.45, 7) is 1.60. The summed E-state index contributed by atoms with van der Waals surface area (Å²) in [4.78, 5) is 23.3. The minimum atomic E-state index is -0.903. The van der Waals surface area contributed by atoms with Gasteiger partial charge in [0.15, 0.2) is 0 Å². The fourth-order valence-electron chi connectivity index (χ4n) is 2.90. The molecule has 1 aliphatic carbocycles. The second-order valence-electron chi connectivity index (χ2n) is 6.26. The van der Waals surface area contributed by atoms with Crippen molar-refractivity contribution < 1.29 is 19.1 Å². The van der Waals surface area contributed by atoms with E-state index in [0.717, 1.165) is 0 Å². The normalized spacial score (nSPS) is 20.0. The zero-order valence-electron chi connectivity index (χ0n) is 13.5. The number of anilines is 1. The topological polar surface area (TPSA) is 66.4 Å². The molecular weight excluding hydrogens is 345 g/mol. The lowest BCUT2D eigenvalue weighted by atomic mass is 10.0. The quantitative estimate of drug-likeness (QED) is 0.829. The zero-order valence-corrected chi connectivity index (χ0v) is 14.3. The maximum atomic E-state index is 13.9. The van der Waals surface area contributed by atoms with Gasteiger partial charge in [-0.3, -0.25) is 9.59 Å². The number of nitrogens with one attached hydrogen (secondary N) is 1. The molecule has 25 heavy (non-hydrogen) atoms. The van der Waals surface area contributed by atoms with Crippen molar-refractivity contribution in [3.05, 3.63) is 64.4 Å². The number of carboxylic acid groups (broad SMARTS) is 1. The highest BCUT2D eigenvalue weighted by atomic mass is 35.5. The van der Waals surface area contributed by atoms with Crippen molar-refractivity contribution in [2.75, 3.05) is 5.32 Å². The first-order valence-electron chi connectivity index (χ1n) is 7.96. The molecule has 2 aromatic carbocycles. The molecule has 1 saturated carbocycles. The van der Waals surface area contributed by atoms with E-state index in [1.54, 1.807) is 37.3 Å². The summed E-state index contributed by atoms with van der Waals surface area (Å²) in [6, 6.07) is 11.2. The predicted octanol–water partition coefficient (Wildman–Crippen LogP) is 4.41. The van der Waals surface area contributed by atoms with Gasteiger partial charge < -0.3 is 10.4 Å². The van der Waals surface area contributed by atoms with Crippen LogP contribution in [0, 0.1) is 11.7 Å². The molecule has 2 N–H and O–H groups in total. The Kier molecular flexibility index (Phi) is 4.77. The molecule has 3 unspecified atom stereocenters. The molecule has 3 atom stereocenters. The number of aliphatic carboxylic acids is 1. The van der Waals surface area contributed by atoms with E-state index in [1.807, 2.05) is 0 Å². The number of carbonyl (C=O) groups excluding carboxylic acids is 1. The number of carboxylic acids is 1. The van der Waals surface area contributed by atoms with E-state index in [2.05, 4.69) is 5.32 Å². The van der Waals surface area contributed by atoms with Crippen LogP contribution >= 0.6 is 11.6 Å². The number of amides is 1. The molecule has 0 spiro atoms. The smallest absolute Gasteiger partial charge is 0.310 e. The lowest BCUT2D eigenvalue weighted by Crippen LogP contribution is -2.15. The molecule has 0 radical (unpaired) electrons. The van der Waals surface area contributed by atoms with Crippen molar-refractivity contribution in [2.24, 2.45) is 5.92 Å². The van der Waals surface area contributed by atoms with Gasteiger partial charge in [-0.25, -0.2) is 4.39 Å². The van der Waals surface area contributed by atoms with Crippen LogP contribution in [0.5, 0.6) is 0 Å². The van der Waals surface area contributed by atoms with Crippen molar-refractivity contribution in [3.63, 3.8) is 0 Å². The van der Waals surface area contributed by atoms with Crippen LogP contribution in [0.2, 0.25) is 5.02 Å². The summed E-state index contributed by atoms with van der Waals surface area (Å²) in [5.74, 6) is -2.62. The summed E-state index contributed by atoms with van der Waals surface area (Å²) in [5.41, 5.74) is 1.64. The van der Waals surface area contributed by atoms with Crippen molar-refractivity contribution in [1.29, 1.82) is 0 Å². The molecule has 4 nitrogen and oxygen atoms in total. The van der Waals surface area contributed by atoms with Crippen LogP contribution in [0.15, 0.2) is 42.5 Å². The standard InChI is InChI=1S/C19H17ClFNO3/c1-10(19(24)25)11-5-7-12(8-6-11)22-18(23)14-9-13(14)17-15(20)3-2-4-16(17)21/h2-8,10,13-14H,9H2,1H3,(H,22,23)(H,24,25). The highest BCUT2D eigenvalue weighted by molar-refractivity contribution is 6.31. The monoisotopic (exact) mass is 361 g/mol. The molecule has 0 saturated heterocycles. The lowest BCUT2D eigenvalue weighted by Gasteiger charge is -2.09. The zero-order chi connectivity index (χ0) is 18.1. The molecule has 130 valence electrons. The molecule has 0 aliphatic heterocycles. The largest absolute Gasteiger partial charge is 0.481 e. The summed E-state index contributed by atoms with van der Waals surface area (Å²) in [7, 11) is 0. The van der Waals surface area contributed by atoms with Crippen LogP contribution in [-0.2, 0) is 9.59 Å². The van der Waals surface area contributed by atoms with Crippen molar-refractivity contribution in [1.82, 2.24) is 0 Å². The summed E-state index contributed by atoms with van der Waals surface area (Å²) < 4.78 is 13.9. The average Bonchev–Trinajstić information content (AvgIpc) is 3.35.